The number of rotatable bonds is 6. The molecule has 2 aromatic rings. The monoisotopic (exact) mass is 355 g/mol. The van der Waals surface area contributed by atoms with E-state index in [1.165, 1.54) is 6.20 Å². The van der Waals surface area contributed by atoms with Crippen LogP contribution in [0.25, 0.3) is 0 Å². The Hall–Kier alpha value is -1.98. The van der Waals surface area contributed by atoms with Crippen molar-refractivity contribution < 1.29 is 19.0 Å². The van der Waals surface area contributed by atoms with E-state index < -0.39 is 12.1 Å². The number of aromatic nitrogens is 1. The van der Waals surface area contributed by atoms with Crippen molar-refractivity contribution >= 4 is 29.2 Å². The molecule has 0 unspecified atom stereocenters. The Morgan fingerprint density at radius 1 is 1.22 bits per heavy atom. The number of nitrogens with zero attached hydrogens (tertiary/aromatic N) is 1. The second kappa shape index (κ2) is 8.04. The van der Waals surface area contributed by atoms with Crippen LogP contribution in [0, 0.1) is 0 Å². The Morgan fingerprint density at radius 2 is 1.87 bits per heavy atom. The fraction of sp³-hybridized carbons (Fsp3) is 0.250. The van der Waals surface area contributed by atoms with Crippen LogP contribution in [-0.4, -0.2) is 23.7 Å². The zero-order valence-electron chi connectivity index (χ0n) is 12.6. The van der Waals surface area contributed by atoms with Gasteiger partial charge in [0.2, 0.25) is 5.88 Å². The lowest BCUT2D eigenvalue weighted by atomic mass is 10.3. The molecule has 23 heavy (non-hydrogen) atoms. The van der Waals surface area contributed by atoms with Crippen LogP contribution in [0.5, 0.6) is 17.4 Å². The van der Waals surface area contributed by atoms with Crippen LogP contribution in [0.4, 0.5) is 0 Å². The first-order valence-electron chi connectivity index (χ1n) is 6.92. The summed E-state index contributed by atoms with van der Waals surface area (Å²) in [4.78, 5) is 15.5. The van der Waals surface area contributed by atoms with E-state index in [0.717, 1.165) is 0 Å². The Labute approximate surface area is 144 Å². The average molecular weight is 356 g/mol. The average Bonchev–Trinajstić information content (AvgIpc) is 2.52. The largest absolute Gasteiger partial charge is 0.479 e. The fourth-order valence-corrected chi connectivity index (χ4v) is 2.11. The van der Waals surface area contributed by atoms with Crippen LogP contribution in [0.1, 0.15) is 13.8 Å². The summed E-state index contributed by atoms with van der Waals surface area (Å²) < 4.78 is 15.9. The van der Waals surface area contributed by atoms with E-state index in [1.54, 1.807) is 44.2 Å². The first kappa shape index (κ1) is 17.4. The van der Waals surface area contributed by atoms with Crippen molar-refractivity contribution in [2.45, 2.75) is 20.0 Å². The Bertz CT molecular complexity index is 676. The van der Waals surface area contributed by atoms with Crippen molar-refractivity contribution in [2.75, 3.05) is 6.61 Å². The van der Waals surface area contributed by atoms with E-state index in [4.69, 9.17) is 37.4 Å². The second-order valence-electron chi connectivity index (χ2n) is 4.53. The van der Waals surface area contributed by atoms with Gasteiger partial charge in [0.25, 0.3) is 0 Å². The molecular weight excluding hydrogens is 341 g/mol. The first-order chi connectivity index (χ1) is 11.0. The molecule has 0 aliphatic rings. The van der Waals surface area contributed by atoms with Gasteiger partial charge in [0.05, 0.1) is 11.6 Å². The number of hydrogen-bond donors (Lipinski definition) is 0. The molecule has 0 aliphatic carbocycles. The van der Waals surface area contributed by atoms with Crippen LogP contribution in [0.15, 0.2) is 36.5 Å². The molecule has 5 nitrogen and oxygen atoms in total. The smallest absolute Gasteiger partial charge is 0.347 e. The molecule has 1 atom stereocenters. The summed E-state index contributed by atoms with van der Waals surface area (Å²) >= 11 is 11.8. The van der Waals surface area contributed by atoms with Crippen molar-refractivity contribution in [1.29, 1.82) is 0 Å². The van der Waals surface area contributed by atoms with Crippen molar-refractivity contribution in [3.05, 3.63) is 46.6 Å². The predicted molar refractivity (Wildman–Crippen MR) is 87.5 cm³/mol. The number of carbonyl (C=O) groups is 1. The zero-order valence-corrected chi connectivity index (χ0v) is 14.1. The quantitative estimate of drug-likeness (QED) is 0.713. The third-order valence-electron chi connectivity index (χ3n) is 2.74. The maximum atomic E-state index is 11.5. The lowest BCUT2D eigenvalue weighted by Crippen LogP contribution is -2.25. The van der Waals surface area contributed by atoms with Gasteiger partial charge < -0.3 is 14.2 Å². The summed E-state index contributed by atoms with van der Waals surface area (Å²) in [7, 11) is 0. The van der Waals surface area contributed by atoms with Gasteiger partial charge in [0.15, 0.2) is 6.10 Å². The predicted octanol–water partition coefficient (Wildman–Crippen LogP) is 4.51. The van der Waals surface area contributed by atoms with Crippen molar-refractivity contribution in [3.8, 4) is 17.4 Å². The zero-order chi connectivity index (χ0) is 16.8. The highest BCUT2D eigenvalue weighted by atomic mass is 35.5. The van der Waals surface area contributed by atoms with Gasteiger partial charge in [-0.3, -0.25) is 0 Å². The summed E-state index contributed by atoms with van der Waals surface area (Å²) in [5, 5.41) is 0.743. The molecule has 2 rings (SSSR count). The molecule has 0 saturated heterocycles. The molecule has 7 heteroatoms. The maximum absolute atomic E-state index is 11.5. The number of halogens is 2. The standard InChI is InChI=1S/C16H15Cl2NO4/c1-3-21-16(20)10(2)22-12-4-6-13(7-5-12)23-15-14(18)8-11(17)9-19-15/h4-10H,3H2,1-2H3/t10-/m1/s1. The summed E-state index contributed by atoms with van der Waals surface area (Å²) in [6.45, 7) is 3.68. The van der Waals surface area contributed by atoms with Gasteiger partial charge in [-0.25, -0.2) is 9.78 Å². The van der Waals surface area contributed by atoms with E-state index in [-0.39, 0.29) is 5.88 Å². The Morgan fingerprint density at radius 3 is 2.48 bits per heavy atom. The summed E-state index contributed by atoms with van der Waals surface area (Å²) in [5.41, 5.74) is 0. The first-order valence-corrected chi connectivity index (χ1v) is 7.67. The van der Waals surface area contributed by atoms with E-state index in [9.17, 15) is 4.79 Å². The molecule has 1 aromatic carbocycles. The van der Waals surface area contributed by atoms with Crippen LogP contribution in [0.3, 0.4) is 0 Å². The fourth-order valence-electron chi connectivity index (χ4n) is 1.69. The van der Waals surface area contributed by atoms with Gasteiger partial charge in [0, 0.05) is 6.20 Å². The van der Waals surface area contributed by atoms with Crippen molar-refractivity contribution in [2.24, 2.45) is 0 Å². The number of pyridine rings is 1. The SMILES string of the molecule is CCOC(=O)[C@@H](C)Oc1ccc(Oc2ncc(Cl)cc2Cl)cc1. The molecule has 1 aromatic heterocycles. The van der Waals surface area contributed by atoms with Gasteiger partial charge in [0.1, 0.15) is 16.5 Å². The van der Waals surface area contributed by atoms with Crippen molar-refractivity contribution in [1.82, 2.24) is 4.98 Å². The molecular formula is C16H15Cl2NO4. The van der Waals surface area contributed by atoms with Crippen LogP contribution < -0.4 is 9.47 Å². The molecule has 1 heterocycles. The van der Waals surface area contributed by atoms with E-state index in [2.05, 4.69) is 4.98 Å². The highest BCUT2D eigenvalue weighted by molar-refractivity contribution is 6.35. The third-order valence-corrected chi connectivity index (χ3v) is 3.22. The molecule has 0 N–H and O–H groups in total. The van der Waals surface area contributed by atoms with Gasteiger partial charge in [-0.05, 0) is 44.2 Å². The molecule has 0 saturated carbocycles. The van der Waals surface area contributed by atoms with Gasteiger partial charge in [-0.15, -0.1) is 0 Å². The van der Waals surface area contributed by atoms with Crippen molar-refractivity contribution in [3.63, 3.8) is 0 Å². The number of esters is 1. The minimum atomic E-state index is -0.686. The second-order valence-corrected chi connectivity index (χ2v) is 5.37. The molecule has 0 amide bonds. The Kier molecular flexibility index (Phi) is 6.07. The lowest BCUT2D eigenvalue weighted by molar-refractivity contribution is -0.150. The highest BCUT2D eigenvalue weighted by Gasteiger charge is 2.15. The number of hydrogen-bond acceptors (Lipinski definition) is 5. The number of ether oxygens (including phenoxy) is 3. The van der Waals surface area contributed by atoms with Gasteiger partial charge in [-0.1, -0.05) is 23.2 Å². The summed E-state index contributed by atoms with van der Waals surface area (Å²) in [6, 6.07) is 8.26. The normalized spacial score (nSPS) is 11.7. The van der Waals surface area contributed by atoms with Crippen LogP contribution >= 0.6 is 23.2 Å². The van der Waals surface area contributed by atoms with E-state index in [0.29, 0.717) is 28.2 Å². The van der Waals surface area contributed by atoms with Crippen LogP contribution in [0.2, 0.25) is 10.0 Å². The maximum Gasteiger partial charge on any atom is 0.347 e. The summed E-state index contributed by atoms with van der Waals surface area (Å²) in [5.74, 6) is 0.889. The summed E-state index contributed by atoms with van der Waals surface area (Å²) in [6.07, 6.45) is 0.760. The molecule has 0 aliphatic heterocycles. The number of carbonyl (C=O) groups excluding carboxylic acids is 1. The lowest BCUT2D eigenvalue weighted by Gasteiger charge is -2.13. The van der Waals surface area contributed by atoms with Gasteiger partial charge in [-0.2, -0.15) is 0 Å². The topological polar surface area (TPSA) is 57.7 Å². The van der Waals surface area contributed by atoms with E-state index in [1.807, 2.05) is 0 Å². The third kappa shape index (κ3) is 5.01. The minimum absolute atomic E-state index is 0.254. The minimum Gasteiger partial charge on any atom is -0.479 e. The molecule has 0 spiro atoms. The molecule has 0 fully saturated rings. The van der Waals surface area contributed by atoms with Crippen LogP contribution in [-0.2, 0) is 9.53 Å². The molecule has 0 bridgehead atoms. The molecule has 122 valence electrons. The highest BCUT2D eigenvalue weighted by Crippen LogP contribution is 2.30. The Balaban J connectivity index is 2.00. The van der Waals surface area contributed by atoms with Gasteiger partial charge >= 0.3 is 5.97 Å². The molecule has 0 radical (unpaired) electrons. The number of benzene rings is 1. The van der Waals surface area contributed by atoms with E-state index >= 15 is 0 Å².